The number of aryl methyl sites for hydroxylation is 1. The summed E-state index contributed by atoms with van der Waals surface area (Å²) in [7, 11) is -3.56. The van der Waals surface area contributed by atoms with Gasteiger partial charge in [0.15, 0.2) is 0 Å². The van der Waals surface area contributed by atoms with E-state index in [-0.39, 0.29) is 16.5 Å². The SMILES string of the molecule is Cc1ccc2ncn(C3CCN(S(=O)(=O)c4ccc(Cl)cc4)CC3)c(=O)c2c1. The maximum atomic E-state index is 12.9. The third-order valence-corrected chi connectivity index (χ3v) is 7.37. The van der Waals surface area contributed by atoms with Crippen LogP contribution >= 0.6 is 11.6 Å². The lowest BCUT2D eigenvalue weighted by atomic mass is 10.1. The van der Waals surface area contributed by atoms with Crippen molar-refractivity contribution < 1.29 is 8.42 Å². The van der Waals surface area contributed by atoms with Crippen molar-refractivity contribution in [3.05, 3.63) is 69.7 Å². The molecule has 1 saturated heterocycles. The molecule has 0 radical (unpaired) electrons. The van der Waals surface area contributed by atoms with E-state index < -0.39 is 10.0 Å². The molecule has 0 bridgehead atoms. The first kappa shape index (κ1) is 19.1. The van der Waals surface area contributed by atoms with Crippen LogP contribution in [0.3, 0.4) is 0 Å². The van der Waals surface area contributed by atoms with Crippen molar-refractivity contribution in [2.75, 3.05) is 13.1 Å². The summed E-state index contributed by atoms with van der Waals surface area (Å²) in [6, 6.07) is 11.7. The molecule has 0 N–H and O–H groups in total. The standard InChI is InChI=1S/C20H20ClN3O3S/c1-14-2-7-19-18(12-14)20(25)24(13-22-19)16-8-10-23(11-9-16)28(26,27)17-5-3-15(21)4-6-17/h2-7,12-13,16H,8-11H2,1H3. The summed E-state index contributed by atoms with van der Waals surface area (Å²) < 4.78 is 28.8. The van der Waals surface area contributed by atoms with Gasteiger partial charge in [-0.3, -0.25) is 9.36 Å². The summed E-state index contributed by atoms with van der Waals surface area (Å²) in [5.41, 5.74) is 1.61. The minimum atomic E-state index is -3.56. The first-order valence-corrected chi connectivity index (χ1v) is 10.9. The van der Waals surface area contributed by atoms with Crippen LogP contribution in [0.4, 0.5) is 0 Å². The molecule has 0 unspecified atom stereocenters. The average Bonchev–Trinajstić information content (AvgIpc) is 2.69. The normalized spacial score (nSPS) is 16.5. The quantitative estimate of drug-likeness (QED) is 0.654. The van der Waals surface area contributed by atoms with Crippen molar-refractivity contribution in [3.8, 4) is 0 Å². The van der Waals surface area contributed by atoms with Crippen LogP contribution in [0.25, 0.3) is 10.9 Å². The second-order valence-corrected chi connectivity index (χ2v) is 9.44. The van der Waals surface area contributed by atoms with Crippen molar-refractivity contribution in [2.45, 2.75) is 30.7 Å². The van der Waals surface area contributed by atoms with E-state index in [1.807, 2.05) is 25.1 Å². The summed E-state index contributed by atoms with van der Waals surface area (Å²) in [6.07, 6.45) is 2.70. The fourth-order valence-corrected chi connectivity index (χ4v) is 5.22. The van der Waals surface area contributed by atoms with Gasteiger partial charge in [-0.15, -0.1) is 0 Å². The molecule has 6 nitrogen and oxygen atoms in total. The smallest absolute Gasteiger partial charge is 0.261 e. The molecule has 1 fully saturated rings. The van der Waals surface area contributed by atoms with Crippen molar-refractivity contribution in [3.63, 3.8) is 0 Å². The van der Waals surface area contributed by atoms with Gasteiger partial charge in [0.2, 0.25) is 10.0 Å². The van der Waals surface area contributed by atoms with E-state index in [1.165, 1.54) is 16.4 Å². The Morgan fingerprint density at radius 2 is 1.75 bits per heavy atom. The van der Waals surface area contributed by atoms with Crippen molar-refractivity contribution in [1.29, 1.82) is 0 Å². The molecule has 2 heterocycles. The fraction of sp³-hybridized carbons (Fsp3) is 0.300. The van der Waals surface area contributed by atoms with Gasteiger partial charge in [-0.25, -0.2) is 13.4 Å². The zero-order chi connectivity index (χ0) is 19.9. The number of sulfonamides is 1. The summed E-state index contributed by atoms with van der Waals surface area (Å²) >= 11 is 5.85. The highest BCUT2D eigenvalue weighted by Crippen LogP contribution is 2.27. The van der Waals surface area contributed by atoms with Crippen LogP contribution in [0.15, 0.2) is 58.5 Å². The van der Waals surface area contributed by atoms with E-state index in [9.17, 15) is 13.2 Å². The van der Waals surface area contributed by atoms with Gasteiger partial charge in [-0.05, 0) is 56.2 Å². The molecule has 0 spiro atoms. The average molecular weight is 418 g/mol. The maximum absolute atomic E-state index is 12.9. The minimum absolute atomic E-state index is 0.0680. The van der Waals surface area contributed by atoms with Crippen LogP contribution in [0.5, 0.6) is 0 Å². The molecular formula is C20H20ClN3O3S. The van der Waals surface area contributed by atoms with Gasteiger partial charge in [0.1, 0.15) is 0 Å². The van der Waals surface area contributed by atoms with E-state index in [4.69, 9.17) is 11.6 Å². The van der Waals surface area contributed by atoms with Crippen LogP contribution in [0.2, 0.25) is 5.02 Å². The molecule has 28 heavy (non-hydrogen) atoms. The first-order valence-electron chi connectivity index (χ1n) is 9.09. The molecule has 1 aliphatic heterocycles. The van der Waals surface area contributed by atoms with Crippen LogP contribution in [0.1, 0.15) is 24.4 Å². The van der Waals surface area contributed by atoms with E-state index in [0.29, 0.717) is 41.9 Å². The Balaban J connectivity index is 1.56. The monoisotopic (exact) mass is 417 g/mol. The number of piperidine rings is 1. The molecular weight excluding hydrogens is 398 g/mol. The number of aromatic nitrogens is 2. The molecule has 4 rings (SSSR count). The molecule has 146 valence electrons. The molecule has 1 aliphatic rings. The van der Waals surface area contributed by atoms with Gasteiger partial charge in [-0.2, -0.15) is 4.31 Å². The molecule has 3 aromatic rings. The van der Waals surface area contributed by atoms with Crippen LogP contribution in [-0.4, -0.2) is 35.4 Å². The number of rotatable bonds is 3. The first-order chi connectivity index (χ1) is 13.4. The Bertz CT molecular complexity index is 1180. The molecule has 0 aliphatic carbocycles. The number of hydrogen-bond donors (Lipinski definition) is 0. The zero-order valence-electron chi connectivity index (χ0n) is 15.4. The lowest BCUT2D eigenvalue weighted by molar-refractivity contribution is 0.269. The van der Waals surface area contributed by atoms with Gasteiger partial charge < -0.3 is 0 Å². The van der Waals surface area contributed by atoms with Crippen molar-refractivity contribution in [2.24, 2.45) is 0 Å². The van der Waals surface area contributed by atoms with Crippen LogP contribution < -0.4 is 5.56 Å². The second kappa shape index (κ2) is 7.31. The fourth-order valence-electron chi connectivity index (χ4n) is 3.63. The Kier molecular flexibility index (Phi) is 4.99. The zero-order valence-corrected chi connectivity index (χ0v) is 16.9. The highest BCUT2D eigenvalue weighted by molar-refractivity contribution is 7.89. The topological polar surface area (TPSA) is 72.3 Å². The van der Waals surface area contributed by atoms with Gasteiger partial charge in [0.25, 0.3) is 5.56 Å². The van der Waals surface area contributed by atoms with Gasteiger partial charge >= 0.3 is 0 Å². The molecule has 8 heteroatoms. The highest BCUT2D eigenvalue weighted by Gasteiger charge is 2.30. The summed E-state index contributed by atoms with van der Waals surface area (Å²) in [6.45, 7) is 2.65. The van der Waals surface area contributed by atoms with Gasteiger partial charge in [0.05, 0.1) is 22.1 Å². The predicted octanol–water partition coefficient (Wildman–Crippen LogP) is 3.38. The van der Waals surface area contributed by atoms with Crippen LogP contribution in [-0.2, 0) is 10.0 Å². The molecule has 2 aromatic carbocycles. The van der Waals surface area contributed by atoms with Crippen LogP contribution in [0, 0.1) is 6.92 Å². The number of nitrogens with zero attached hydrogens (tertiary/aromatic N) is 3. The van der Waals surface area contributed by atoms with Crippen molar-refractivity contribution in [1.82, 2.24) is 13.9 Å². The Morgan fingerprint density at radius 3 is 2.43 bits per heavy atom. The molecule has 0 amide bonds. The summed E-state index contributed by atoms with van der Waals surface area (Å²) in [5.74, 6) is 0. The Labute approximate surface area is 168 Å². The largest absolute Gasteiger partial charge is 0.296 e. The number of benzene rings is 2. The predicted molar refractivity (Wildman–Crippen MR) is 109 cm³/mol. The van der Waals surface area contributed by atoms with E-state index in [0.717, 1.165) is 5.56 Å². The maximum Gasteiger partial charge on any atom is 0.261 e. The lowest BCUT2D eigenvalue weighted by Gasteiger charge is -2.32. The third kappa shape index (κ3) is 3.45. The number of halogens is 1. The van der Waals surface area contributed by atoms with E-state index >= 15 is 0 Å². The molecule has 0 atom stereocenters. The summed E-state index contributed by atoms with van der Waals surface area (Å²) in [4.78, 5) is 17.5. The Hall–Kier alpha value is -2.22. The third-order valence-electron chi connectivity index (χ3n) is 5.21. The van der Waals surface area contributed by atoms with Gasteiger partial charge in [0, 0.05) is 24.2 Å². The second-order valence-electron chi connectivity index (χ2n) is 7.07. The van der Waals surface area contributed by atoms with Crippen molar-refractivity contribution >= 4 is 32.5 Å². The summed E-state index contributed by atoms with van der Waals surface area (Å²) in [5, 5.41) is 1.09. The Morgan fingerprint density at radius 1 is 1.07 bits per heavy atom. The van der Waals surface area contributed by atoms with Gasteiger partial charge in [-0.1, -0.05) is 23.2 Å². The number of hydrogen-bond acceptors (Lipinski definition) is 4. The van der Waals surface area contributed by atoms with E-state index in [2.05, 4.69) is 4.98 Å². The molecule has 1 aromatic heterocycles. The van der Waals surface area contributed by atoms with E-state index in [1.54, 1.807) is 23.0 Å². The highest BCUT2D eigenvalue weighted by atomic mass is 35.5. The molecule has 0 saturated carbocycles. The lowest BCUT2D eigenvalue weighted by Crippen LogP contribution is -2.40. The number of fused-ring (bicyclic) bond motifs is 1. The minimum Gasteiger partial charge on any atom is -0.296 e.